The van der Waals surface area contributed by atoms with Crippen molar-refractivity contribution in [3.63, 3.8) is 0 Å². The SMILES string of the molecule is Cc1ncoc1C(=O)N1CCOC(Cc2ccc(-c3cccnc3)cc2)(C(N)=O)C1. The summed E-state index contributed by atoms with van der Waals surface area (Å²) in [5.74, 6) is -0.771. The summed E-state index contributed by atoms with van der Waals surface area (Å²) in [5, 5.41) is 0. The van der Waals surface area contributed by atoms with Gasteiger partial charge in [-0.2, -0.15) is 0 Å². The van der Waals surface area contributed by atoms with Crippen LogP contribution in [-0.4, -0.2) is 52.0 Å². The lowest BCUT2D eigenvalue weighted by molar-refractivity contribution is -0.153. The number of rotatable bonds is 5. The van der Waals surface area contributed by atoms with Crippen LogP contribution in [0.2, 0.25) is 0 Å². The van der Waals surface area contributed by atoms with E-state index >= 15 is 0 Å². The molecule has 4 rings (SSSR count). The van der Waals surface area contributed by atoms with E-state index in [1.165, 1.54) is 11.3 Å². The Morgan fingerprint density at radius 2 is 2.00 bits per heavy atom. The summed E-state index contributed by atoms with van der Waals surface area (Å²) in [4.78, 5) is 34.9. The molecule has 0 saturated carbocycles. The first-order chi connectivity index (χ1) is 14.5. The molecule has 0 radical (unpaired) electrons. The average Bonchev–Trinajstić information content (AvgIpc) is 3.20. The molecule has 1 aromatic carbocycles. The summed E-state index contributed by atoms with van der Waals surface area (Å²) in [6.45, 7) is 2.29. The van der Waals surface area contributed by atoms with E-state index in [1.807, 2.05) is 36.4 Å². The fourth-order valence-corrected chi connectivity index (χ4v) is 3.63. The summed E-state index contributed by atoms with van der Waals surface area (Å²) < 4.78 is 11.1. The second kappa shape index (κ2) is 8.08. The van der Waals surface area contributed by atoms with E-state index in [4.69, 9.17) is 14.9 Å². The zero-order valence-corrected chi connectivity index (χ0v) is 16.6. The van der Waals surface area contributed by atoms with Crippen LogP contribution in [-0.2, 0) is 16.0 Å². The van der Waals surface area contributed by atoms with E-state index in [9.17, 15) is 9.59 Å². The average molecular weight is 406 g/mol. The normalized spacial score (nSPS) is 18.9. The number of carbonyl (C=O) groups is 2. The van der Waals surface area contributed by atoms with Gasteiger partial charge in [-0.3, -0.25) is 14.6 Å². The lowest BCUT2D eigenvalue weighted by Crippen LogP contribution is -2.61. The van der Waals surface area contributed by atoms with Crippen LogP contribution in [0.25, 0.3) is 11.1 Å². The number of ether oxygens (including phenoxy) is 1. The second-order valence-corrected chi connectivity index (χ2v) is 7.32. The molecule has 0 aliphatic carbocycles. The lowest BCUT2D eigenvalue weighted by Gasteiger charge is -2.40. The van der Waals surface area contributed by atoms with Crippen molar-refractivity contribution in [2.75, 3.05) is 19.7 Å². The van der Waals surface area contributed by atoms with Crippen molar-refractivity contribution in [2.24, 2.45) is 5.73 Å². The van der Waals surface area contributed by atoms with Gasteiger partial charge in [-0.15, -0.1) is 0 Å². The van der Waals surface area contributed by atoms with Crippen molar-refractivity contribution in [3.8, 4) is 11.1 Å². The number of oxazole rings is 1. The first-order valence-electron chi connectivity index (χ1n) is 9.61. The Hall–Kier alpha value is -3.52. The van der Waals surface area contributed by atoms with Crippen molar-refractivity contribution in [1.29, 1.82) is 0 Å². The molecule has 2 N–H and O–H groups in total. The van der Waals surface area contributed by atoms with Crippen molar-refractivity contribution in [1.82, 2.24) is 14.9 Å². The van der Waals surface area contributed by atoms with Crippen molar-refractivity contribution in [3.05, 3.63) is 72.2 Å². The Bertz CT molecular complexity index is 1050. The molecule has 1 aliphatic rings. The van der Waals surface area contributed by atoms with E-state index in [0.29, 0.717) is 12.2 Å². The highest BCUT2D eigenvalue weighted by Crippen LogP contribution is 2.26. The van der Waals surface area contributed by atoms with E-state index in [1.54, 1.807) is 19.3 Å². The molecule has 30 heavy (non-hydrogen) atoms. The molecule has 1 unspecified atom stereocenters. The van der Waals surface area contributed by atoms with Crippen LogP contribution in [0.3, 0.4) is 0 Å². The number of morpholine rings is 1. The first-order valence-corrected chi connectivity index (χ1v) is 9.61. The van der Waals surface area contributed by atoms with Gasteiger partial charge in [0.1, 0.15) is 0 Å². The predicted octanol–water partition coefficient (Wildman–Crippen LogP) is 1.98. The third kappa shape index (κ3) is 3.81. The highest BCUT2D eigenvalue weighted by atomic mass is 16.5. The van der Waals surface area contributed by atoms with E-state index in [-0.39, 0.29) is 31.2 Å². The molecule has 1 saturated heterocycles. The molecule has 3 heterocycles. The molecular formula is C22H22N4O4. The van der Waals surface area contributed by atoms with E-state index in [0.717, 1.165) is 16.7 Å². The number of primary amides is 1. The van der Waals surface area contributed by atoms with Gasteiger partial charge in [-0.25, -0.2) is 4.98 Å². The molecule has 2 amide bonds. The van der Waals surface area contributed by atoms with Gasteiger partial charge in [0.25, 0.3) is 11.8 Å². The van der Waals surface area contributed by atoms with Gasteiger partial charge in [-0.05, 0) is 29.7 Å². The Morgan fingerprint density at radius 1 is 1.20 bits per heavy atom. The molecule has 3 aromatic rings. The predicted molar refractivity (Wildman–Crippen MR) is 108 cm³/mol. The molecular weight excluding hydrogens is 384 g/mol. The quantitative estimate of drug-likeness (QED) is 0.694. The maximum atomic E-state index is 12.8. The number of hydrogen-bond donors (Lipinski definition) is 1. The number of aromatic nitrogens is 2. The van der Waals surface area contributed by atoms with Gasteiger partial charge in [0.2, 0.25) is 5.76 Å². The molecule has 0 bridgehead atoms. The van der Waals surface area contributed by atoms with Crippen LogP contribution in [0.15, 0.2) is 59.6 Å². The van der Waals surface area contributed by atoms with Crippen LogP contribution < -0.4 is 5.73 Å². The van der Waals surface area contributed by atoms with Gasteiger partial charge in [0, 0.05) is 25.4 Å². The summed E-state index contributed by atoms with van der Waals surface area (Å²) in [6.07, 6.45) is 5.00. The Morgan fingerprint density at radius 3 is 2.63 bits per heavy atom. The number of amides is 2. The zero-order valence-electron chi connectivity index (χ0n) is 16.6. The Labute approximate surface area is 173 Å². The monoisotopic (exact) mass is 406 g/mol. The van der Waals surface area contributed by atoms with Gasteiger partial charge >= 0.3 is 0 Å². The summed E-state index contributed by atoms with van der Waals surface area (Å²) in [7, 11) is 0. The van der Waals surface area contributed by atoms with Crippen molar-refractivity contribution < 1.29 is 18.7 Å². The van der Waals surface area contributed by atoms with Crippen molar-refractivity contribution >= 4 is 11.8 Å². The van der Waals surface area contributed by atoms with Gasteiger partial charge in [0.05, 0.1) is 18.8 Å². The number of benzene rings is 1. The van der Waals surface area contributed by atoms with Crippen LogP contribution in [0.1, 0.15) is 21.8 Å². The number of nitrogens with zero attached hydrogens (tertiary/aromatic N) is 3. The minimum atomic E-state index is -1.31. The third-order valence-corrected chi connectivity index (χ3v) is 5.30. The highest BCUT2D eigenvalue weighted by Gasteiger charge is 2.44. The summed E-state index contributed by atoms with van der Waals surface area (Å²) in [6, 6.07) is 11.6. The molecule has 1 atom stereocenters. The largest absolute Gasteiger partial charge is 0.438 e. The van der Waals surface area contributed by atoms with Gasteiger partial charge < -0.3 is 19.8 Å². The molecule has 2 aromatic heterocycles. The van der Waals surface area contributed by atoms with Crippen LogP contribution in [0, 0.1) is 6.92 Å². The first kappa shape index (κ1) is 19.8. The maximum Gasteiger partial charge on any atom is 0.291 e. The lowest BCUT2D eigenvalue weighted by atomic mass is 9.90. The Kier molecular flexibility index (Phi) is 5.33. The van der Waals surface area contributed by atoms with Crippen LogP contribution >= 0.6 is 0 Å². The van der Waals surface area contributed by atoms with Crippen molar-refractivity contribution in [2.45, 2.75) is 18.9 Å². The number of pyridine rings is 1. The maximum absolute atomic E-state index is 12.8. The highest BCUT2D eigenvalue weighted by molar-refractivity contribution is 5.93. The number of nitrogens with two attached hydrogens (primary N) is 1. The van der Waals surface area contributed by atoms with Crippen LogP contribution in [0.5, 0.6) is 0 Å². The third-order valence-electron chi connectivity index (χ3n) is 5.30. The minimum absolute atomic E-state index is 0.0473. The topological polar surface area (TPSA) is 112 Å². The zero-order chi connectivity index (χ0) is 21.1. The molecule has 8 nitrogen and oxygen atoms in total. The van der Waals surface area contributed by atoms with Crippen LogP contribution in [0.4, 0.5) is 0 Å². The van der Waals surface area contributed by atoms with E-state index < -0.39 is 11.5 Å². The molecule has 1 fully saturated rings. The number of carbonyl (C=O) groups excluding carboxylic acids is 2. The smallest absolute Gasteiger partial charge is 0.291 e. The summed E-state index contributed by atoms with van der Waals surface area (Å²) >= 11 is 0. The molecule has 0 spiro atoms. The summed E-state index contributed by atoms with van der Waals surface area (Å²) in [5.41, 5.74) is 7.83. The standard InChI is InChI=1S/C22H22N4O4/c1-15-19(29-14-25-15)20(27)26-9-10-30-22(13-26,21(23)28)11-16-4-6-17(7-5-16)18-3-2-8-24-12-18/h2-8,12,14H,9-11,13H2,1H3,(H2,23,28). The van der Waals surface area contributed by atoms with Gasteiger partial charge in [-0.1, -0.05) is 30.3 Å². The minimum Gasteiger partial charge on any atom is -0.438 e. The number of hydrogen-bond acceptors (Lipinski definition) is 6. The second-order valence-electron chi connectivity index (χ2n) is 7.32. The Balaban J connectivity index is 1.55. The van der Waals surface area contributed by atoms with E-state index in [2.05, 4.69) is 9.97 Å². The fraction of sp³-hybridized carbons (Fsp3) is 0.273. The molecule has 154 valence electrons. The van der Waals surface area contributed by atoms with Gasteiger partial charge in [0.15, 0.2) is 12.0 Å². The molecule has 8 heteroatoms. The fourth-order valence-electron chi connectivity index (χ4n) is 3.63. The molecule has 1 aliphatic heterocycles. The number of aryl methyl sites for hydroxylation is 1.